The number of benzene rings is 2. The fraction of sp³-hybridized carbons (Fsp3) is 0.133. The molecule has 0 amide bonds. The zero-order valence-corrected chi connectivity index (χ0v) is 11.7. The number of nitrogens with one attached hydrogen (secondary N) is 1. The fourth-order valence-corrected chi connectivity index (χ4v) is 2.06. The molecule has 1 heterocycles. The van der Waals surface area contributed by atoms with Crippen LogP contribution in [0, 0.1) is 0 Å². The van der Waals surface area contributed by atoms with Crippen molar-refractivity contribution in [1.29, 1.82) is 0 Å². The summed E-state index contributed by atoms with van der Waals surface area (Å²) in [7, 11) is 3.18. The highest BCUT2D eigenvalue weighted by Crippen LogP contribution is 2.32. The van der Waals surface area contributed by atoms with Gasteiger partial charge in [-0.3, -0.25) is 0 Å². The Labute approximate surface area is 121 Å². The first-order valence-electron chi connectivity index (χ1n) is 6.35. The monoisotopic (exact) mass is 285 g/mol. The second kappa shape index (κ2) is 5.24. The van der Waals surface area contributed by atoms with Crippen molar-refractivity contribution in [3.8, 4) is 11.5 Å². The number of hydrogen-bond donors (Lipinski definition) is 2. The Morgan fingerprint density at radius 1 is 1.10 bits per heavy atom. The van der Waals surface area contributed by atoms with E-state index in [0.717, 1.165) is 5.69 Å². The predicted molar refractivity (Wildman–Crippen MR) is 81.3 cm³/mol. The van der Waals surface area contributed by atoms with Crippen molar-refractivity contribution in [2.24, 2.45) is 0 Å². The zero-order valence-electron chi connectivity index (χ0n) is 11.7. The lowest BCUT2D eigenvalue weighted by atomic mass is 10.3. The summed E-state index contributed by atoms with van der Waals surface area (Å²) in [5, 5.41) is 3.08. The summed E-state index contributed by atoms with van der Waals surface area (Å²) in [5.41, 5.74) is 8.49. The minimum absolute atomic E-state index is 0.370. The quantitative estimate of drug-likeness (QED) is 0.716. The van der Waals surface area contributed by atoms with Gasteiger partial charge in [0.25, 0.3) is 6.01 Å². The molecule has 0 unspecified atom stereocenters. The molecule has 0 radical (unpaired) electrons. The van der Waals surface area contributed by atoms with Crippen molar-refractivity contribution in [1.82, 2.24) is 4.98 Å². The van der Waals surface area contributed by atoms with E-state index in [-0.39, 0.29) is 0 Å². The molecular formula is C15H15N3O3. The standard InChI is InChI=1S/C15H15N3O3/c1-19-11-7-6-9(8-13(11)20-2)17-15-18-14-10(16)4-3-5-12(14)21-15/h3-8H,16H2,1-2H3,(H,17,18). The first-order chi connectivity index (χ1) is 10.2. The van der Waals surface area contributed by atoms with Gasteiger partial charge in [-0.05, 0) is 24.3 Å². The Morgan fingerprint density at radius 2 is 1.90 bits per heavy atom. The number of fused-ring (bicyclic) bond motifs is 1. The van der Waals surface area contributed by atoms with E-state index in [9.17, 15) is 0 Å². The predicted octanol–water partition coefficient (Wildman–Crippen LogP) is 3.17. The van der Waals surface area contributed by atoms with Gasteiger partial charge in [0.15, 0.2) is 17.1 Å². The normalized spacial score (nSPS) is 10.6. The van der Waals surface area contributed by atoms with Gasteiger partial charge in [-0.15, -0.1) is 0 Å². The number of para-hydroxylation sites is 1. The van der Waals surface area contributed by atoms with Crippen molar-refractivity contribution >= 4 is 28.5 Å². The Kier molecular flexibility index (Phi) is 3.27. The number of nitrogens with zero attached hydrogens (tertiary/aromatic N) is 1. The summed E-state index contributed by atoms with van der Waals surface area (Å²) < 4.78 is 16.1. The van der Waals surface area contributed by atoms with Crippen LogP contribution in [0.2, 0.25) is 0 Å². The summed E-state index contributed by atoms with van der Waals surface area (Å²) in [5.74, 6) is 1.28. The highest BCUT2D eigenvalue weighted by molar-refractivity contribution is 5.86. The molecule has 0 atom stereocenters. The van der Waals surface area contributed by atoms with E-state index in [1.54, 1.807) is 32.4 Å². The summed E-state index contributed by atoms with van der Waals surface area (Å²) >= 11 is 0. The summed E-state index contributed by atoms with van der Waals surface area (Å²) in [4.78, 5) is 4.33. The average Bonchev–Trinajstić information content (AvgIpc) is 2.91. The molecule has 6 heteroatoms. The van der Waals surface area contributed by atoms with E-state index in [0.29, 0.717) is 34.3 Å². The Hall–Kier alpha value is -2.89. The summed E-state index contributed by atoms with van der Waals surface area (Å²) in [6, 6.07) is 11.2. The van der Waals surface area contributed by atoms with Gasteiger partial charge in [0.05, 0.1) is 19.9 Å². The molecule has 0 fully saturated rings. The molecule has 108 valence electrons. The second-order valence-corrected chi connectivity index (χ2v) is 4.41. The van der Waals surface area contributed by atoms with Crippen LogP contribution in [0.15, 0.2) is 40.8 Å². The maximum Gasteiger partial charge on any atom is 0.300 e. The molecule has 0 aliphatic carbocycles. The molecule has 0 saturated heterocycles. The molecule has 0 aliphatic heterocycles. The van der Waals surface area contributed by atoms with Crippen LogP contribution in [0.3, 0.4) is 0 Å². The molecule has 0 saturated carbocycles. The van der Waals surface area contributed by atoms with Crippen molar-refractivity contribution in [3.63, 3.8) is 0 Å². The molecule has 3 N–H and O–H groups in total. The number of ether oxygens (including phenoxy) is 2. The van der Waals surface area contributed by atoms with E-state index in [2.05, 4.69) is 10.3 Å². The lowest BCUT2D eigenvalue weighted by Crippen LogP contribution is -1.94. The van der Waals surface area contributed by atoms with Gasteiger partial charge in [0.1, 0.15) is 5.52 Å². The number of rotatable bonds is 4. The summed E-state index contributed by atoms with van der Waals surface area (Å²) in [6.07, 6.45) is 0. The fourth-order valence-electron chi connectivity index (χ4n) is 2.06. The third-order valence-corrected chi connectivity index (χ3v) is 3.09. The number of aromatic nitrogens is 1. The number of nitrogen functional groups attached to an aromatic ring is 1. The Morgan fingerprint density at radius 3 is 2.62 bits per heavy atom. The van der Waals surface area contributed by atoms with Crippen LogP contribution in [0.5, 0.6) is 11.5 Å². The average molecular weight is 285 g/mol. The molecule has 3 aromatic rings. The third-order valence-electron chi connectivity index (χ3n) is 3.09. The number of methoxy groups -OCH3 is 2. The van der Waals surface area contributed by atoms with E-state index in [1.165, 1.54) is 0 Å². The minimum atomic E-state index is 0.370. The van der Waals surface area contributed by atoms with E-state index in [1.807, 2.05) is 18.2 Å². The number of hydrogen-bond acceptors (Lipinski definition) is 6. The van der Waals surface area contributed by atoms with E-state index >= 15 is 0 Å². The zero-order chi connectivity index (χ0) is 14.8. The van der Waals surface area contributed by atoms with Crippen LogP contribution >= 0.6 is 0 Å². The minimum Gasteiger partial charge on any atom is -0.493 e. The Bertz CT molecular complexity index is 783. The number of anilines is 3. The largest absolute Gasteiger partial charge is 0.493 e. The first kappa shape index (κ1) is 13.1. The topological polar surface area (TPSA) is 82.5 Å². The maximum atomic E-state index is 5.86. The molecule has 1 aromatic heterocycles. The lowest BCUT2D eigenvalue weighted by molar-refractivity contribution is 0.355. The van der Waals surface area contributed by atoms with Gasteiger partial charge in [0, 0.05) is 11.8 Å². The van der Waals surface area contributed by atoms with Crippen molar-refractivity contribution in [3.05, 3.63) is 36.4 Å². The van der Waals surface area contributed by atoms with Crippen LogP contribution in [-0.4, -0.2) is 19.2 Å². The third kappa shape index (κ3) is 2.43. The van der Waals surface area contributed by atoms with Gasteiger partial charge < -0.3 is 24.9 Å². The molecule has 0 bridgehead atoms. The summed E-state index contributed by atoms with van der Waals surface area (Å²) in [6.45, 7) is 0. The Balaban J connectivity index is 1.93. The molecule has 0 spiro atoms. The smallest absolute Gasteiger partial charge is 0.300 e. The second-order valence-electron chi connectivity index (χ2n) is 4.41. The van der Waals surface area contributed by atoms with Crippen molar-refractivity contribution < 1.29 is 13.9 Å². The first-order valence-corrected chi connectivity index (χ1v) is 6.35. The molecule has 3 rings (SSSR count). The van der Waals surface area contributed by atoms with Crippen LogP contribution in [-0.2, 0) is 0 Å². The number of nitrogens with two attached hydrogens (primary N) is 1. The van der Waals surface area contributed by atoms with E-state index in [4.69, 9.17) is 19.6 Å². The molecule has 0 aliphatic rings. The molecule has 2 aromatic carbocycles. The van der Waals surface area contributed by atoms with E-state index < -0.39 is 0 Å². The SMILES string of the molecule is COc1ccc(Nc2nc3c(N)cccc3o2)cc1OC. The molecular weight excluding hydrogens is 270 g/mol. The van der Waals surface area contributed by atoms with Crippen LogP contribution in [0.1, 0.15) is 0 Å². The van der Waals surface area contributed by atoms with Gasteiger partial charge in [-0.2, -0.15) is 4.98 Å². The van der Waals surface area contributed by atoms with Crippen LogP contribution in [0.25, 0.3) is 11.1 Å². The van der Waals surface area contributed by atoms with Gasteiger partial charge in [-0.25, -0.2) is 0 Å². The molecule has 21 heavy (non-hydrogen) atoms. The van der Waals surface area contributed by atoms with Gasteiger partial charge >= 0.3 is 0 Å². The van der Waals surface area contributed by atoms with Crippen LogP contribution in [0.4, 0.5) is 17.4 Å². The highest BCUT2D eigenvalue weighted by Gasteiger charge is 2.10. The highest BCUT2D eigenvalue weighted by atomic mass is 16.5. The van der Waals surface area contributed by atoms with Crippen molar-refractivity contribution in [2.75, 3.05) is 25.3 Å². The van der Waals surface area contributed by atoms with Gasteiger partial charge in [-0.1, -0.05) is 6.07 Å². The van der Waals surface area contributed by atoms with Crippen LogP contribution < -0.4 is 20.5 Å². The number of oxazole rings is 1. The van der Waals surface area contributed by atoms with Crippen molar-refractivity contribution in [2.45, 2.75) is 0 Å². The maximum absolute atomic E-state index is 5.86. The lowest BCUT2D eigenvalue weighted by Gasteiger charge is -2.09. The molecule has 6 nitrogen and oxygen atoms in total. The van der Waals surface area contributed by atoms with Gasteiger partial charge in [0.2, 0.25) is 0 Å².